The zero-order valence-corrected chi connectivity index (χ0v) is 17.1. The van der Waals surface area contributed by atoms with E-state index in [9.17, 15) is 13.6 Å². The van der Waals surface area contributed by atoms with Crippen LogP contribution < -0.4 is 4.90 Å². The normalized spacial score (nSPS) is 11.0. The molecule has 0 aliphatic rings. The van der Waals surface area contributed by atoms with Gasteiger partial charge in [0.2, 0.25) is 0 Å². The van der Waals surface area contributed by atoms with Gasteiger partial charge in [0, 0.05) is 16.5 Å². The highest BCUT2D eigenvalue weighted by Crippen LogP contribution is 2.33. The fourth-order valence-corrected chi connectivity index (χ4v) is 4.35. The summed E-state index contributed by atoms with van der Waals surface area (Å²) in [5.74, 6) is -1.65. The molecule has 0 spiro atoms. The number of hydrogen-bond acceptors (Lipinski definition) is 4. The lowest BCUT2D eigenvalue weighted by Crippen LogP contribution is -2.30. The molecule has 0 aliphatic carbocycles. The second-order valence-corrected chi connectivity index (χ2v) is 8.22. The molecule has 1 heterocycles. The lowest BCUT2D eigenvalue weighted by atomic mass is 10.1. The summed E-state index contributed by atoms with van der Waals surface area (Å²) in [6, 6.07) is 18.8. The lowest BCUT2D eigenvalue weighted by Gasteiger charge is -2.20. The number of carbonyl (C=O) groups is 1. The second kappa shape index (κ2) is 8.31. The predicted molar refractivity (Wildman–Crippen MR) is 115 cm³/mol. The third-order valence-electron chi connectivity index (χ3n) is 4.40. The Morgan fingerprint density at radius 2 is 1.79 bits per heavy atom. The quantitative estimate of drug-likeness (QED) is 0.359. The molecule has 3 aromatic carbocycles. The number of nitrogens with zero attached hydrogens (tertiary/aromatic N) is 2. The van der Waals surface area contributed by atoms with Gasteiger partial charge in [0.15, 0.2) is 10.9 Å². The average molecular weight is 427 g/mol. The molecule has 0 unspecified atom stereocenters. The van der Waals surface area contributed by atoms with Crippen molar-refractivity contribution in [2.75, 3.05) is 11.2 Å². The van der Waals surface area contributed by atoms with E-state index in [1.54, 1.807) is 23.9 Å². The summed E-state index contributed by atoms with van der Waals surface area (Å²) in [7, 11) is 0. The van der Waals surface area contributed by atoms with Crippen LogP contribution in [0.5, 0.6) is 0 Å². The molecule has 0 saturated carbocycles. The Labute approximate surface area is 175 Å². The zero-order valence-electron chi connectivity index (χ0n) is 15.4. The van der Waals surface area contributed by atoms with E-state index < -0.39 is 11.6 Å². The van der Waals surface area contributed by atoms with Crippen molar-refractivity contribution >= 4 is 44.4 Å². The molecule has 0 atom stereocenters. The van der Waals surface area contributed by atoms with Crippen LogP contribution in [0, 0.1) is 11.6 Å². The molecule has 1 aromatic heterocycles. The molecule has 0 fully saturated rings. The fraction of sp³-hybridized carbons (Fsp3) is 0.0909. The van der Waals surface area contributed by atoms with E-state index in [0.717, 1.165) is 27.9 Å². The van der Waals surface area contributed by atoms with Crippen LogP contribution in [0.1, 0.15) is 15.9 Å². The van der Waals surface area contributed by atoms with Crippen LogP contribution in [0.15, 0.2) is 71.6 Å². The summed E-state index contributed by atoms with van der Waals surface area (Å²) in [5, 5.41) is 0.326. The second-order valence-electron chi connectivity index (χ2n) is 6.34. The first-order chi connectivity index (χ1) is 14.0. The van der Waals surface area contributed by atoms with Gasteiger partial charge in [0.05, 0.1) is 11.2 Å². The Morgan fingerprint density at radius 3 is 2.48 bits per heavy atom. The number of rotatable bonds is 5. The van der Waals surface area contributed by atoms with Crippen molar-refractivity contribution in [2.24, 2.45) is 0 Å². The van der Waals surface area contributed by atoms with Gasteiger partial charge in [-0.2, -0.15) is 0 Å². The number of amides is 1. The van der Waals surface area contributed by atoms with Crippen molar-refractivity contribution in [1.29, 1.82) is 0 Å². The Bertz CT molecular complexity index is 1160. The summed E-state index contributed by atoms with van der Waals surface area (Å²) >= 11 is 2.68. The van der Waals surface area contributed by atoms with Crippen LogP contribution in [-0.4, -0.2) is 17.1 Å². The van der Waals surface area contributed by atoms with Gasteiger partial charge in [-0.15, -0.1) is 11.8 Å². The Hall–Kier alpha value is -2.77. The number of benzene rings is 3. The minimum Gasteiger partial charge on any atom is -0.279 e. The minimum atomic E-state index is -0.737. The largest absolute Gasteiger partial charge is 0.279 e. The molecule has 0 bridgehead atoms. The maximum absolute atomic E-state index is 14.2. The molecule has 1 amide bonds. The molecule has 0 saturated heterocycles. The average Bonchev–Trinajstić information content (AvgIpc) is 3.16. The van der Waals surface area contributed by atoms with E-state index in [2.05, 4.69) is 4.98 Å². The maximum atomic E-state index is 14.2. The van der Waals surface area contributed by atoms with Gasteiger partial charge in [-0.1, -0.05) is 41.7 Å². The molecule has 29 heavy (non-hydrogen) atoms. The molecular formula is C22H16F2N2OS2. The summed E-state index contributed by atoms with van der Waals surface area (Å²) < 4.78 is 28.1. The van der Waals surface area contributed by atoms with Crippen molar-refractivity contribution in [3.8, 4) is 0 Å². The fourth-order valence-electron chi connectivity index (χ4n) is 2.94. The predicted octanol–water partition coefficient (Wildman–Crippen LogP) is 6.14. The van der Waals surface area contributed by atoms with E-state index in [0.29, 0.717) is 15.4 Å². The van der Waals surface area contributed by atoms with Gasteiger partial charge in [-0.25, -0.2) is 13.8 Å². The topological polar surface area (TPSA) is 33.2 Å². The first kappa shape index (κ1) is 19.5. The highest BCUT2D eigenvalue weighted by atomic mass is 32.2. The smallest absolute Gasteiger partial charge is 0.260 e. The van der Waals surface area contributed by atoms with Crippen LogP contribution >= 0.6 is 23.1 Å². The molecule has 4 rings (SSSR count). The van der Waals surface area contributed by atoms with Gasteiger partial charge in [0.25, 0.3) is 5.91 Å². The molecule has 0 aliphatic heterocycles. The highest BCUT2D eigenvalue weighted by molar-refractivity contribution is 7.98. The van der Waals surface area contributed by atoms with Crippen LogP contribution in [0.3, 0.4) is 0 Å². The lowest BCUT2D eigenvalue weighted by molar-refractivity contribution is 0.0985. The van der Waals surface area contributed by atoms with Gasteiger partial charge < -0.3 is 0 Å². The van der Waals surface area contributed by atoms with E-state index in [-0.39, 0.29) is 18.0 Å². The summed E-state index contributed by atoms with van der Waals surface area (Å²) in [6.07, 6.45) is 1.97. The number of halogens is 2. The van der Waals surface area contributed by atoms with Gasteiger partial charge in [-0.05, 0) is 42.2 Å². The Balaban J connectivity index is 1.77. The number of fused-ring (bicyclic) bond motifs is 1. The minimum absolute atomic E-state index is 0.0648. The van der Waals surface area contributed by atoms with Gasteiger partial charge in [0.1, 0.15) is 11.3 Å². The molecule has 3 nitrogen and oxygen atoms in total. The first-order valence-electron chi connectivity index (χ1n) is 8.80. The third-order valence-corrected chi connectivity index (χ3v) is 6.17. The van der Waals surface area contributed by atoms with E-state index >= 15 is 0 Å². The van der Waals surface area contributed by atoms with Crippen LogP contribution in [-0.2, 0) is 6.54 Å². The summed E-state index contributed by atoms with van der Waals surface area (Å²) in [4.78, 5) is 20.2. The number of thioether (sulfide) groups is 1. The molecule has 4 aromatic rings. The van der Waals surface area contributed by atoms with Crippen molar-refractivity contribution in [3.05, 3.63) is 89.5 Å². The van der Waals surface area contributed by atoms with E-state index in [1.807, 2.05) is 48.7 Å². The van der Waals surface area contributed by atoms with Crippen molar-refractivity contribution in [2.45, 2.75) is 11.4 Å². The molecular weight excluding hydrogens is 410 g/mol. The zero-order chi connectivity index (χ0) is 20.4. The number of hydrogen-bond donors (Lipinski definition) is 0. The summed E-state index contributed by atoms with van der Waals surface area (Å²) in [5.41, 5.74) is 1.48. The SMILES string of the molecule is CSc1ccc(C(=O)N(Cc2ccccc2)c2nc3c(F)cc(F)cc3s2)cc1. The van der Waals surface area contributed by atoms with E-state index in [1.165, 1.54) is 11.0 Å². The third kappa shape index (κ3) is 4.16. The molecule has 146 valence electrons. The first-order valence-corrected chi connectivity index (χ1v) is 10.8. The standard InChI is InChI=1S/C22H16F2N2OS2/c1-28-17-9-7-15(8-10-17)21(27)26(13-14-5-3-2-4-6-14)22-25-20-18(24)11-16(23)12-19(20)29-22/h2-12H,13H2,1H3. The van der Waals surface area contributed by atoms with Crippen molar-refractivity contribution in [3.63, 3.8) is 0 Å². The van der Waals surface area contributed by atoms with Crippen LogP contribution in [0.2, 0.25) is 0 Å². The van der Waals surface area contributed by atoms with Crippen LogP contribution in [0.25, 0.3) is 10.2 Å². The Kier molecular flexibility index (Phi) is 5.60. The van der Waals surface area contributed by atoms with Gasteiger partial charge in [-0.3, -0.25) is 9.69 Å². The monoisotopic (exact) mass is 426 g/mol. The molecule has 0 radical (unpaired) electrons. The van der Waals surface area contributed by atoms with E-state index in [4.69, 9.17) is 0 Å². The van der Waals surface area contributed by atoms with Crippen molar-refractivity contribution < 1.29 is 13.6 Å². The number of aromatic nitrogens is 1. The highest BCUT2D eigenvalue weighted by Gasteiger charge is 2.23. The number of carbonyl (C=O) groups excluding carboxylic acids is 1. The van der Waals surface area contributed by atoms with Crippen LogP contribution in [0.4, 0.5) is 13.9 Å². The number of anilines is 1. The Morgan fingerprint density at radius 1 is 1.07 bits per heavy atom. The number of thiazole rings is 1. The van der Waals surface area contributed by atoms with Crippen molar-refractivity contribution in [1.82, 2.24) is 4.98 Å². The maximum Gasteiger partial charge on any atom is 0.260 e. The molecule has 7 heteroatoms. The summed E-state index contributed by atoms with van der Waals surface area (Å²) in [6.45, 7) is 0.272. The van der Waals surface area contributed by atoms with Gasteiger partial charge >= 0.3 is 0 Å². The molecule has 0 N–H and O–H groups in total.